The van der Waals surface area contributed by atoms with Gasteiger partial charge in [-0.3, -0.25) is 9.80 Å². The van der Waals surface area contributed by atoms with E-state index in [0.717, 1.165) is 0 Å². The van der Waals surface area contributed by atoms with Crippen molar-refractivity contribution >= 4 is 0 Å². The van der Waals surface area contributed by atoms with Gasteiger partial charge in [-0.25, -0.2) is 0 Å². The summed E-state index contributed by atoms with van der Waals surface area (Å²) in [6.07, 6.45) is -1.79. The van der Waals surface area contributed by atoms with E-state index in [1.54, 1.807) is 27.7 Å². The molecule has 24 heavy (non-hydrogen) atoms. The highest BCUT2D eigenvalue weighted by Crippen LogP contribution is 2.00. The number of rotatable bonds is 12. The highest BCUT2D eigenvalue weighted by molar-refractivity contribution is 4.70. The minimum Gasteiger partial charge on any atom is -0.392 e. The largest absolute Gasteiger partial charge is 0.392 e. The minimum atomic E-state index is -0.448. The lowest BCUT2D eigenvalue weighted by Gasteiger charge is -2.30. The van der Waals surface area contributed by atoms with E-state index in [1.807, 2.05) is 9.80 Å². The van der Waals surface area contributed by atoms with Gasteiger partial charge in [-0.2, -0.15) is 0 Å². The van der Waals surface area contributed by atoms with Crippen molar-refractivity contribution in [2.24, 2.45) is 11.5 Å². The molecule has 148 valence electrons. The summed E-state index contributed by atoms with van der Waals surface area (Å²) in [5, 5.41) is 37.9. The maximum absolute atomic E-state index is 9.47. The molecule has 0 spiro atoms. The normalized spacial score (nSPS) is 16.5. The van der Waals surface area contributed by atoms with Crippen molar-refractivity contribution in [1.29, 1.82) is 0 Å². The van der Waals surface area contributed by atoms with Gasteiger partial charge in [0, 0.05) is 52.4 Å². The average molecular weight is 353 g/mol. The molecule has 8 N–H and O–H groups in total. The zero-order valence-corrected chi connectivity index (χ0v) is 15.8. The van der Waals surface area contributed by atoms with Gasteiger partial charge in [-0.05, 0) is 27.7 Å². The van der Waals surface area contributed by atoms with Gasteiger partial charge >= 0.3 is 0 Å². The molecule has 0 bridgehead atoms. The van der Waals surface area contributed by atoms with Crippen molar-refractivity contribution in [3.05, 3.63) is 0 Å². The fourth-order valence-corrected chi connectivity index (χ4v) is 2.29. The average Bonchev–Trinajstić information content (AvgIpc) is 2.42. The first-order chi connectivity index (χ1) is 11.1. The Hall–Kier alpha value is -0.320. The topological polar surface area (TPSA) is 139 Å². The smallest absolute Gasteiger partial charge is 0.0639 e. The van der Waals surface area contributed by atoms with E-state index in [1.165, 1.54) is 0 Å². The number of hydrogen-bond acceptors (Lipinski definition) is 8. The van der Waals surface area contributed by atoms with E-state index in [0.29, 0.717) is 52.4 Å². The second-order valence-electron chi connectivity index (χ2n) is 6.49. The summed E-state index contributed by atoms with van der Waals surface area (Å²) in [5.41, 5.74) is 9.81. The first-order valence-electron chi connectivity index (χ1n) is 8.69. The molecule has 0 aliphatic carbocycles. The quantitative estimate of drug-likeness (QED) is 0.237. The van der Waals surface area contributed by atoms with Crippen molar-refractivity contribution in [3.63, 3.8) is 0 Å². The third kappa shape index (κ3) is 19.7. The van der Waals surface area contributed by atoms with Crippen molar-refractivity contribution in [1.82, 2.24) is 9.80 Å². The van der Waals surface area contributed by atoms with Crippen LogP contribution in [0.5, 0.6) is 0 Å². The molecular formula is C16H40N4O4. The van der Waals surface area contributed by atoms with Gasteiger partial charge in [0.05, 0.1) is 24.4 Å². The van der Waals surface area contributed by atoms with Crippen LogP contribution in [-0.4, -0.2) is 107 Å². The van der Waals surface area contributed by atoms with Gasteiger partial charge in [0.15, 0.2) is 0 Å². The van der Waals surface area contributed by atoms with Gasteiger partial charge in [0.2, 0.25) is 0 Å². The minimum absolute atomic E-state index is 0.448. The van der Waals surface area contributed by atoms with Crippen LogP contribution in [0.2, 0.25) is 0 Å². The van der Waals surface area contributed by atoms with E-state index in [2.05, 4.69) is 0 Å². The summed E-state index contributed by atoms with van der Waals surface area (Å²) < 4.78 is 0. The third-order valence-corrected chi connectivity index (χ3v) is 2.99. The molecule has 8 heteroatoms. The summed E-state index contributed by atoms with van der Waals surface area (Å²) in [6.45, 7) is 11.4. The molecule has 0 radical (unpaired) electrons. The third-order valence-electron chi connectivity index (χ3n) is 2.99. The lowest BCUT2D eigenvalue weighted by Crippen LogP contribution is -2.44. The number of nitrogens with zero attached hydrogens (tertiary/aromatic N) is 2. The number of aliphatic hydroxyl groups is 4. The first-order valence-corrected chi connectivity index (χ1v) is 8.69. The van der Waals surface area contributed by atoms with Crippen LogP contribution in [0.25, 0.3) is 0 Å². The molecule has 0 aromatic heterocycles. The van der Waals surface area contributed by atoms with Gasteiger partial charge in [-0.15, -0.1) is 0 Å². The van der Waals surface area contributed by atoms with Crippen LogP contribution in [0, 0.1) is 0 Å². The highest BCUT2D eigenvalue weighted by atomic mass is 16.3. The highest BCUT2D eigenvalue weighted by Gasteiger charge is 2.15. The Balaban J connectivity index is 0. The number of nitrogens with two attached hydrogens (primary N) is 2. The molecule has 0 saturated carbocycles. The molecule has 8 nitrogen and oxygen atoms in total. The maximum Gasteiger partial charge on any atom is 0.0639 e. The molecule has 0 saturated heterocycles. The van der Waals surface area contributed by atoms with Crippen LogP contribution in [0.15, 0.2) is 0 Å². The second kappa shape index (κ2) is 16.2. The first kappa shape index (κ1) is 25.9. The van der Waals surface area contributed by atoms with E-state index >= 15 is 0 Å². The van der Waals surface area contributed by atoms with Crippen LogP contribution in [0.3, 0.4) is 0 Å². The summed E-state index contributed by atoms with van der Waals surface area (Å²) >= 11 is 0. The fraction of sp³-hybridized carbons (Fsp3) is 1.00. The Labute approximate surface area is 147 Å². The molecule has 0 aliphatic rings. The zero-order valence-electron chi connectivity index (χ0n) is 15.8. The number of aliphatic hydroxyl groups excluding tert-OH is 4. The van der Waals surface area contributed by atoms with Gasteiger partial charge in [0.1, 0.15) is 0 Å². The van der Waals surface area contributed by atoms with Crippen molar-refractivity contribution < 1.29 is 20.4 Å². The van der Waals surface area contributed by atoms with Gasteiger partial charge in [-0.1, -0.05) is 0 Å². The molecule has 4 atom stereocenters. The lowest BCUT2D eigenvalue weighted by molar-refractivity contribution is 0.0542. The van der Waals surface area contributed by atoms with Gasteiger partial charge in [0.25, 0.3) is 0 Å². The fourth-order valence-electron chi connectivity index (χ4n) is 2.29. The molecule has 0 fully saturated rings. The van der Waals surface area contributed by atoms with E-state index in [4.69, 9.17) is 11.5 Å². The second-order valence-corrected chi connectivity index (χ2v) is 6.49. The Bertz CT molecular complexity index is 220. The molecule has 0 aromatic rings. The maximum atomic E-state index is 9.47. The predicted molar refractivity (Wildman–Crippen MR) is 97.7 cm³/mol. The van der Waals surface area contributed by atoms with Gasteiger partial charge < -0.3 is 31.9 Å². The predicted octanol–water partition coefficient (Wildman–Crippen LogP) is -1.98. The summed E-state index contributed by atoms with van der Waals surface area (Å²) in [6, 6.07) is 0. The molecule has 0 aromatic carbocycles. The van der Waals surface area contributed by atoms with E-state index < -0.39 is 24.4 Å². The van der Waals surface area contributed by atoms with Crippen LogP contribution >= 0.6 is 0 Å². The molecule has 4 unspecified atom stereocenters. The van der Waals surface area contributed by atoms with Crippen LogP contribution in [0.4, 0.5) is 0 Å². The SMILES string of the molecule is CC(O)CN(CCN(CC(C)O)CC(C)O)CC(C)O.NCCN. The Morgan fingerprint density at radius 2 is 0.792 bits per heavy atom. The Morgan fingerprint density at radius 3 is 0.917 bits per heavy atom. The summed E-state index contributed by atoms with van der Waals surface area (Å²) in [7, 11) is 0. The van der Waals surface area contributed by atoms with Crippen molar-refractivity contribution in [3.8, 4) is 0 Å². The zero-order chi connectivity index (χ0) is 19.1. The van der Waals surface area contributed by atoms with E-state index in [-0.39, 0.29) is 0 Å². The molecule has 0 amide bonds. The lowest BCUT2D eigenvalue weighted by atomic mass is 10.2. The molecule has 0 aliphatic heterocycles. The van der Waals surface area contributed by atoms with Crippen molar-refractivity contribution in [2.75, 3.05) is 52.4 Å². The molecule has 0 heterocycles. The molecule has 0 rings (SSSR count). The van der Waals surface area contributed by atoms with E-state index in [9.17, 15) is 20.4 Å². The van der Waals surface area contributed by atoms with Crippen LogP contribution in [0.1, 0.15) is 27.7 Å². The van der Waals surface area contributed by atoms with Crippen molar-refractivity contribution in [2.45, 2.75) is 52.1 Å². The monoisotopic (exact) mass is 352 g/mol. The molecular weight excluding hydrogens is 312 g/mol. The number of hydrogen-bond donors (Lipinski definition) is 6. The van der Waals surface area contributed by atoms with Crippen LogP contribution < -0.4 is 11.5 Å². The summed E-state index contributed by atoms with van der Waals surface area (Å²) in [4.78, 5) is 3.98. The van der Waals surface area contributed by atoms with Crippen LogP contribution in [-0.2, 0) is 0 Å². The Kier molecular flexibility index (Phi) is 17.5. The standard InChI is InChI=1S/C14H32N2O4.C2H8N2/c1-11(17)7-15(8-12(2)18)5-6-16(9-13(3)19)10-14(4)20;3-1-2-4/h11-14,17-20H,5-10H2,1-4H3;1-4H2. The summed E-state index contributed by atoms with van der Waals surface area (Å²) in [5.74, 6) is 0. The Morgan fingerprint density at radius 1 is 0.583 bits per heavy atom.